The quantitative estimate of drug-likeness (QED) is 0.0974. The zero-order valence-corrected chi connectivity index (χ0v) is 35.8. The van der Waals surface area contributed by atoms with Gasteiger partial charge in [-0.15, -0.1) is 0 Å². The van der Waals surface area contributed by atoms with Gasteiger partial charge in [-0.05, 0) is 36.3 Å². The molecule has 16 heteroatoms. The molecule has 0 spiro atoms. The Labute approximate surface area is 357 Å². The molecule has 0 saturated heterocycles. The van der Waals surface area contributed by atoms with Crippen molar-refractivity contribution >= 4 is 35.1 Å². The number of halogens is 2. The SMILES string of the molecule is COCCCOc1cc2c(cc1Cl)-c1cc(=O)c(C(=O)O)cn1C(C(C)CCCOCCCOc1cc3c(cc1Cl)-c1cc(=O)c(C(=O)O)cn1C(C(C)(C)C)CO3)CO2. The summed E-state index contributed by atoms with van der Waals surface area (Å²) in [5, 5.41) is 20.1. The lowest BCUT2D eigenvalue weighted by atomic mass is 9.86. The molecule has 0 aliphatic carbocycles. The van der Waals surface area contributed by atoms with E-state index in [9.17, 15) is 29.4 Å². The van der Waals surface area contributed by atoms with Gasteiger partial charge in [0.15, 0.2) is 10.9 Å². The molecule has 0 amide bonds. The molecular formula is C44H50Cl2N2O12. The Bertz CT molecular complexity index is 2350. The number of carboxylic acid groups (broad SMARTS) is 2. The standard InChI is InChI=1S/C44H50Cl2N2O12/c1-25(34-23-59-37-19-39(57-13-7-10-55-5)30(45)15-26(37)32-17-35(49)28(42(51)52)21-47(32)34)9-6-11-56-12-8-14-58-40-20-38-27(16-31(40)46)33-18-36(50)29(43(53)54)22-48(33)41(24-60-38)44(2,3)4/h15-22,25,34,41H,6-14,23-24H2,1-5H3,(H,51,52)(H,53,54). The number of ether oxygens (including phenoxy) is 6. The number of aromatic carboxylic acids is 2. The number of methoxy groups -OCH3 is 1. The number of nitrogens with zero attached hydrogens (tertiary/aromatic N) is 2. The highest BCUT2D eigenvalue weighted by atomic mass is 35.5. The van der Waals surface area contributed by atoms with E-state index in [1.807, 2.05) is 25.3 Å². The lowest BCUT2D eigenvalue weighted by Crippen LogP contribution is -2.31. The molecule has 0 bridgehead atoms. The summed E-state index contributed by atoms with van der Waals surface area (Å²) in [5.74, 6) is -0.824. The Kier molecular flexibility index (Phi) is 14.2. The van der Waals surface area contributed by atoms with E-state index in [0.29, 0.717) is 108 Å². The fraction of sp³-hybridized carbons (Fsp3) is 0.455. The summed E-state index contributed by atoms with van der Waals surface area (Å²) in [4.78, 5) is 49.5. The number of fused-ring (bicyclic) bond motifs is 6. The van der Waals surface area contributed by atoms with Crippen molar-refractivity contribution in [1.82, 2.24) is 9.13 Å². The molecule has 2 aromatic carbocycles. The van der Waals surface area contributed by atoms with Crippen molar-refractivity contribution in [1.29, 1.82) is 0 Å². The number of benzene rings is 2. The fourth-order valence-electron chi connectivity index (χ4n) is 7.45. The van der Waals surface area contributed by atoms with Gasteiger partial charge in [-0.1, -0.05) is 50.9 Å². The van der Waals surface area contributed by atoms with Crippen LogP contribution in [0.1, 0.15) is 86.2 Å². The zero-order valence-electron chi connectivity index (χ0n) is 34.3. The topological polar surface area (TPSA) is 174 Å². The smallest absolute Gasteiger partial charge is 0.341 e. The van der Waals surface area contributed by atoms with Crippen molar-refractivity contribution in [2.45, 2.75) is 65.5 Å². The van der Waals surface area contributed by atoms with Crippen LogP contribution in [-0.2, 0) is 9.47 Å². The summed E-state index contributed by atoms with van der Waals surface area (Å²) >= 11 is 13.3. The number of hydrogen-bond donors (Lipinski definition) is 2. The summed E-state index contributed by atoms with van der Waals surface area (Å²) in [6.07, 6.45) is 5.44. The van der Waals surface area contributed by atoms with Crippen molar-refractivity contribution in [2.24, 2.45) is 11.3 Å². The van der Waals surface area contributed by atoms with E-state index in [0.717, 1.165) is 6.42 Å². The molecule has 2 N–H and O–H groups in total. The molecule has 6 rings (SSSR count). The Hall–Kier alpha value is -5.02. The van der Waals surface area contributed by atoms with Gasteiger partial charge >= 0.3 is 11.9 Å². The predicted molar refractivity (Wildman–Crippen MR) is 226 cm³/mol. The van der Waals surface area contributed by atoms with E-state index in [2.05, 4.69) is 6.92 Å². The second kappa shape index (κ2) is 19.1. The lowest BCUT2D eigenvalue weighted by Gasteiger charge is -2.32. The number of aromatic nitrogens is 2. The third kappa shape index (κ3) is 9.94. The molecule has 4 aromatic rings. The monoisotopic (exact) mass is 868 g/mol. The molecule has 322 valence electrons. The Balaban J connectivity index is 1.05. The van der Waals surface area contributed by atoms with Gasteiger partial charge in [0.05, 0.1) is 46.7 Å². The van der Waals surface area contributed by atoms with Gasteiger partial charge in [-0.3, -0.25) is 9.59 Å². The summed E-state index contributed by atoms with van der Waals surface area (Å²) in [6, 6.07) is 8.80. The molecule has 2 aliphatic heterocycles. The average molecular weight is 870 g/mol. The third-order valence-corrected chi connectivity index (χ3v) is 11.4. The normalized spacial score (nSPS) is 16.1. The van der Waals surface area contributed by atoms with Gasteiger partial charge in [0.25, 0.3) is 0 Å². The largest absolute Gasteiger partial charge is 0.492 e. The van der Waals surface area contributed by atoms with Crippen molar-refractivity contribution in [2.75, 3.05) is 53.4 Å². The van der Waals surface area contributed by atoms with Crippen LogP contribution in [-0.4, -0.2) is 84.6 Å². The highest BCUT2D eigenvalue weighted by molar-refractivity contribution is 6.32. The van der Waals surface area contributed by atoms with E-state index in [1.54, 1.807) is 35.9 Å². The van der Waals surface area contributed by atoms with Crippen LogP contribution in [0.2, 0.25) is 10.0 Å². The number of hydrogen-bond acceptors (Lipinski definition) is 10. The summed E-state index contributed by atoms with van der Waals surface area (Å²) in [5.41, 5.74) is -0.0800. The molecular weight excluding hydrogens is 819 g/mol. The molecule has 3 unspecified atom stereocenters. The summed E-state index contributed by atoms with van der Waals surface area (Å²) in [6.45, 7) is 10.7. The van der Waals surface area contributed by atoms with Crippen LogP contribution >= 0.6 is 23.2 Å². The van der Waals surface area contributed by atoms with E-state index in [-0.39, 0.29) is 47.8 Å². The van der Waals surface area contributed by atoms with E-state index < -0.39 is 22.8 Å². The maximum atomic E-state index is 12.9. The van der Waals surface area contributed by atoms with Crippen LogP contribution in [0, 0.1) is 11.3 Å². The van der Waals surface area contributed by atoms with Gasteiger partial charge in [-0.2, -0.15) is 0 Å². The van der Waals surface area contributed by atoms with Crippen molar-refractivity contribution < 1.29 is 48.2 Å². The van der Waals surface area contributed by atoms with E-state index >= 15 is 0 Å². The van der Waals surface area contributed by atoms with Crippen LogP contribution < -0.4 is 29.8 Å². The Morgan fingerprint density at radius 3 is 1.78 bits per heavy atom. The maximum Gasteiger partial charge on any atom is 0.341 e. The average Bonchev–Trinajstić information content (AvgIpc) is 3.43. The minimum atomic E-state index is -1.31. The van der Waals surface area contributed by atoms with Crippen molar-refractivity contribution in [3.8, 4) is 45.5 Å². The number of rotatable bonds is 17. The predicted octanol–water partition coefficient (Wildman–Crippen LogP) is 8.28. The molecule has 3 atom stereocenters. The van der Waals surface area contributed by atoms with Gasteiger partial charge < -0.3 is 47.8 Å². The third-order valence-electron chi connectivity index (χ3n) is 10.8. The molecule has 14 nitrogen and oxygen atoms in total. The first-order valence-electron chi connectivity index (χ1n) is 19.8. The van der Waals surface area contributed by atoms with Crippen molar-refractivity contribution in [3.05, 3.63) is 90.4 Å². The second-order valence-electron chi connectivity index (χ2n) is 16.1. The van der Waals surface area contributed by atoms with Crippen molar-refractivity contribution in [3.63, 3.8) is 0 Å². The van der Waals surface area contributed by atoms with Crippen LogP contribution in [0.15, 0.2) is 58.4 Å². The zero-order chi connectivity index (χ0) is 43.3. The Morgan fingerprint density at radius 1 is 0.750 bits per heavy atom. The van der Waals surface area contributed by atoms with E-state index in [1.165, 1.54) is 24.5 Å². The van der Waals surface area contributed by atoms with Gasteiger partial charge in [0.1, 0.15) is 47.3 Å². The first kappa shape index (κ1) is 44.5. The maximum absolute atomic E-state index is 12.9. The lowest BCUT2D eigenvalue weighted by molar-refractivity contribution is 0.0682. The van der Waals surface area contributed by atoms with Crippen LogP contribution in [0.3, 0.4) is 0 Å². The molecule has 2 aliphatic rings. The van der Waals surface area contributed by atoms with Crippen LogP contribution in [0.4, 0.5) is 0 Å². The molecule has 0 radical (unpaired) electrons. The molecule has 4 heterocycles. The minimum absolute atomic E-state index is 0.00422. The fourth-order valence-corrected chi connectivity index (χ4v) is 7.89. The number of pyridine rings is 2. The first-order chi connectivity index (χ1) is 28.6. The number of carbonyl (C=O) groups is 2. The summed E-state index contributed by atoms with van der Waals surface area (Å²) in [7, 11) is 1.62. The first-order valence-corrected chi connectivity index (χ1v) is 20.6. The molecule has 60 heavy (non-hydrogen) atoms. The molecule has 0 saturated carbocycles. The van der Waals surface area contributed by atoms with Crippen LogP contribution in [0.5, 0.6) is 23.0 Å². The van der Waals surface area contributed by atoms with E-state index in [4.69, 9.17) is 51.6 Å². The highest BCUT2D eigenvalue weighted by Gasteiger charge is 2.34. The number of carboxylic acids is 2. The highest BCUT2D eigenvalue weighted by Crippen LogP contribution is 2.45. The molecule has 2 aromatic heterocycles. The Morgan fingerprint density at radius 2 is 1.25 bits per heavy atom. The summed E-state index contributed by atoms with van der Waals surface area (Å²) < 4.78 is 39.1. The van der Waals surface area contributed by atoms with Gasteiger partial charge in [-0.25, -0.2) is 9.59 Å². The van der Waals surface area contributed by atoms with Crippen LogP contribution in [0.25, 0.3) is 22.5 Å². The second-order valence-corrected chi connectivity index (χ2v) is 16.9. The molecule has 0 fully saturated rings. The van der Waals surface area contributed by atoms with Gasteiger partial charge in [0, 0.05) is 87.6 Å². The van der Waals surface area contributed by atoms with Gasteiger partial charge in [0.2, 0.25) is 0 Å². The minimum Gasteiger partial charge on any atom is -0.492 e.